The molecule has 0 bridgehead atoms. The van der Waals surface area contributed by atoms with Gasteiger partial charge in [0.25, 0.3) is 0 Å². The van der Waals surface area contributed by atoms with Crippen LogP contribution in [0.2, 0.25) is 0 Å². The summed E-state index contributed by atoms with van der Waals surface area (Å²) in [4.78, 5) is 6.62. The van der Waals surface area contributed by atoms with E-state index in [2.05, 4.69) is 22.0 Å². The van der Waals surface area contributed by atoms with Gasteiger partial charge in [-0.15, -0.1) is 0 Å². The van der Waals surface area contributed by atoms with Gasteiger partial charge in [0.05, 0.1) is 19.8 Å². The topological polar surface area (TPSA) is 52.4 Å². The second-order valence-electron chi connectivity index (χ2n) is 6.54. The summed E-state index contributed by atoms with van der Waals surface area (Å²) >= 11 is 0. The fourth-order valence-corrected chi connectivity index (χ4v) is 3.17. The molecule has 2 aliphatic rings. The minimum absolute atomic E-state index is 0.213. The highest BCUT2D eigenvalue weighted by atomic mass is 19.4. The van der Waals surface area contributed by atoms with Crippen molar-refractivity contribution in [2.24, 2.45) is 5.92 Å². The van der Waals surface area contributed by atoms with Gasteiger partial charge in [-0.2, -0.15) is 18.3 Å². The number of rotatable bonds is 4. The zero-order chi connectivity index (χ0) is 17.2. The molecule has 3 heterocycles. The fraction of sp³-hybridized carbons (Fsp3) is 0.867. The second-order valence-corrected chi connectivity index (χ2v) is 6.54. The van der Waals surface area contributed by atoms with Crippen molar-refractivity contribution in [2.45, 2.75) is 38.1 Å². The van der Waals surface area contributed by atoms with Crippen LogP contribution in [0, 0.1) is 5.92 Å². The van der Waals surface area contributed by atoms with Gasteiger partial charge < -0.3 is 14.4 Å². The highest BCUT2D eigenvalue weighted by molar-refractivity contribution is 5.00. The van der Waals surface area contributed by atoms with Crippen LogP contribution in [0.5, 0.6) is 0 Å². The van der Waals surface area contributed by atoms with Crippen molar-refractivity contribution < 1.29 is 22.6 Å². The molecule has 1 aromatic heterocycles. The lowest BCUT2D eigenvalue weighted by Gasteiger charge is -2.28. The SMILES string of the molecule is CN1CCC(Cc2nc([C@H]3COCCO3)n(CC(F)(F)F)n2)CC1. The van der Waals surface area contributed by atoms with Gasteiger partial charge >= 0.3 is 6.18 Å². The monoisotopic (exact) mass is 348 g/mol. The zero-order valence-corrected chi connectivity index (χ0v) is 13.8. The lowest BCUT2D eigenvalue weighted by atomic mass is 9.94. The summed E-state index contributed by atoms with van der Waals surface area (Å²) in [5.74, 6) is 1.10. The van der Waals surface area contributed by atoms with Gasteiger partial charge in [0, 0.05) is 6.42 Å². The first-order valence-corrected chi connectivity index (χ1v) is 8.29. The molecule has 0 N–H and O–H groups in total. The van der Waals surface area contributed by atoms with Crippen LogP contribution in [0.15, 0.2) is 0 Å². The molecule has 3 rings (SSSR count). The van der Waals surface area contributed by atoms with Gasteiger partial charge in [0.2, 0.25) is 0 Å². The smallest absolute Gasteiger partial charge is 0.376 e. The fourth-order valence-electron chi connectivity index (χ4n) is 3.17. The molecule has 0 saturated carbocycles. The zero-order valence-electron chi connectivity index (χ0n) is 13.8. The largest absolute Gasteiger partial charge is 0.408 e. The van der Waals surface area contributed by atoms with E-state index in [1.54, 1.807) is 0 Å². The Morgan fingerprint density at radius 2 is 1.96 bits per heavy atom. The molecule has 0 aromatic carbocycles. The molecule has 0 amide bonds. The molecule has 0 aliphatic carbocycles. The highest BCUT2D eigenvalue weighted by Gasteiger charge is 2.33. The number of ether oxygens (including phenoxy) is 2. The third-order valence-corrected chi connectivity index (χ3v) is 4.49. The third-order valence-electron chi connectivity index (χ3n) is 4.49. The first-order valence-electron chi connectivity index (χ1n) is 8.29. The maximum atomic E-state index is 12.8. The third kappa shape index (κ3) is 4.67. The number of halogens is 3. The molecule has 0 radical (unpaired) electrons. The molecule has 2 saturated heterocycles. The minimum Gasteiger partial charge on any atom is -0.376 e. The predicted molar refractivity (Wildman–Crippen MR) is 79.5 cm³/mol. The van der Waals surface area contributed by atoms with Gasteiger partial charge in [-0.3, -0.25) is 0 Å². The Bertz CT molecular complexity index is 535. The van der Waals surface area contributed by atoms with Crippen molar-refractivity contribution in [3.05, 3.63) is 11.6 Å². The molecular formula is C15H23F3N4O2. The quantitative estimate of drug-likeness (QED) is 0.831. The van der Waals surface area contributed by atoms with Crippen LogP contribution in [0.4, 0.5) is 13.2 Å². The maximum Gasteiger partial charge on any atom is 0.408 e. The molecule has 6 nitrogen and oxygen atoms in total. The van der Waals surface area contributed by atoms with Gasteiger partial charge in [-0.05, 0) is 38.9 Å². The summed E-state index contributed by atoms with van der Waals surface area (Å²) < 4.78 is 50.2. The van der Waals surface area contributed by atoms with E-state index in [0.29, 0.717) is 31.4 Å². The van der Waals surface area contributed by atoms with Crippen molar-refractivity contribution >= 4 is 0 Å². The Morgan fingerprint density at radius 3 is 2.58 bits per heavy atom. The van der Waals surface area contributed by atoms with Gasteiger partial charge in [0.15, 0.2) is 11.6 Å². The van der Waals surface area contributed by atoms with Gasteiger partial charge in [0.1, 0.15) is 12.6 Å². The maximum absolute atomic E-state index is 12.8. The Morgan fingerprint density at radius 1 is 1.21 bits per heavy atom. The molecular weight excluding hydrogens is 325 g/mol. The molecule has 2 aliphatic heterocycles. The van der Waals surface area contributed by atoms with Crippen LogP contribution in [-0.2, 0) is 22.4 Å². The first kappa shape index (κ1) is 17.6. The average molecular weight is 348 g/mol. The van der Waals surface area contributed by atoms with Gasteiger partial charge in [-0.25, -0.2) is 9.67 Å². The van der Waals surface area contributed by atoms with Crippen LogP contribution in [0.1, 0.15) is 30.6 Å². The molecule has 1 atom stereocenters. The summed E-state index contributed by atoms with van der Waals surface area (Å²) in [6, 6.07) is 0. The minimum atomic E-state index is -4.34. The molecule has 0 spiro atoms. The van der Waals surface area contributed by atoms with Crippen LogP contribution < -0.4 is 0 Å². The van der Waals surface area contributed by atoms with Crippen molar-refractivity contribution in [3.8, 4) is 0 Å². The Labute approximate surface area is 138 Å². The van der Waals surface area contributed by atoms with Crippen LogP contribution >= 0.6 is 0 Å². The highest BCUT2D eigenvalue weighted by Crippen LogP contribution is 2.25. The van der Waals surface area contributed by atoms with E-state index in [0.717, 1.165) is 30.6 Å². The molecule has 1 aromatic rings. The van der Waals surface area contributed by atoms with Crippen molar-refractivity contribution in [2.75, 3.05) is 40.0 Å². The number of piperidine rings is 1. The van der Waals surface area contributed by atoms with E-state index in [-0.39, 0.29) is 12.4 Å². The van der Waals surface area contributed by atoms with Gasteiger partial charge in [-0.1, -0.05) is 0 Å². The number of aromatic nitrogens is 3. The van der Waals surface area contributed by atoms with Crippen molar-refractivity contribution in [1.82, 2.24) is 19.7 Å². The van der Waals surface area contributed by atoms with Crippen LogP contribution in [0.25, 0.3) is 0 Å². The van der Waals surface area contributed by atoms with Crippen molar-refractivity contribution in [3.63, 3.8) is 0 Å². The van der Waals surface area contributed by atoms with E-state index in [9.17, 15) is 13.2 Å². The number of alkyl halides is 3. The first-order chi connectivity index (χ1) is 11.4. The van der Waals surface area contributed by atoms with Crippen LogP contribution in [-0.4, -0.2) is 65.8 Å². The summed E-state index contributed by atoms with van der Waals surface area (Å²) in [6.45, 7) is 1.87. The van der Waals surface area contributed by atoms with E-state index in [1.165, 1.54) is 0 Å². The average Bonchev–Trinajstić information content (AvgIpc) is 2.91. The summed E-state index contributed by atoms with van der Waals surface area (Å²) in [7, 11) is 2.07. The summed E-state index contributed by atoms with van der Waals surface area (Å²) in [5.41, 5.74) is 0. The lowest BCUT2D eigenvalue weighted by molar-refractivity contribution is -0.146. The molecule has 2 fully saturated rings. The Kier molecular flexibility index (Phi) is 5.41. The lowest BCUT2D eigenvalue weighted by Crippen LogP contribution is -2.31. The molecule has 0 unspecified atom stereocenters. The van der Waals surface area contributed by atoms with E-state index in [1.807, 2.05) is 0 Å². The molecule has 9 heteroatoms. The molecule has 136 valence electrons. The molecule has 24 heavy (non-hydrogen) atoms. The van der Waals surface area contributed by atoms with E-state index >= 15 is 0 Å². The van der Waals surface area contributed by atoms with E-state index < -0.39 is 18.8 Å². The van der Waals surface area contributed by atoms with Crippen LogP contribution in [0.3, 0.4) is 0 Å². The summed E-state index contributed by atoms with van der Waals surface area (Å²) in [6.07, 6.45) is -2.28. The number of nitrogens with zero attached hydrogens (tertiary/aromatic N) is 4. The standard InChI is InChI=1S/C15H23F3N4O2/c1-21-4-2-11(3-5-21)8-13-19-14(12-9-23-6-7-24-12)22(20-13)10-15(16,17)18/h11-12H,2-10H2,1H3/t12-/m1/s1. The van der Waals surface area contributed by atoms with E-state index in [4.69, 9.17) is 9.47 Å². The number of hydrogen-bond acceptors (Lipinski definition) is 5. The Hall–Kier alpha value is -1.19. The predicted octanol–water partition coefficient (Wildman–Crippen LogP) is 1.81. The number of likely N-dealkylation sites (tertiary alicyclic amines) is 1. The van der Waals surface area contributed by atoms with Crippen molar-refractivity contribution in [1.29, 1.82) is 0 Å². The Balaban J connectivity index is 1.74. The normalized spacial score (nSPS) is 24.4. The number of hydrogen-bond donors (Lipinski definition) is 0. The second kappa shape index (κ2) is 7.37. The summed E-state index contributed by atoms with van der Waals surface area (Å²) in [5, 5.41) is 4.12.